The van der Waals surface area contributed by atoms with Crippen LogP contribution in [-0.4, -0.2) is 49.4 Å². The SMILES string of the molecule is CNCCN1CCC(CCc2ccccc2)CC1.Cc1cccc(C=O)n1. The van der Waals surface area contributed by atoms with Crippen molar-refractivity contribution in [2.24, 2.45) is 5.92 Å². The van der Waals surface area contributed by atoms with Gasteiger partial charge in [0.25, 0.3) is 0 Å². The van der Waals surface area contributed by atoms with E-state index in [0.717, 1.165) is 24.4 Å². The summed E-state index contributed by atoms with van der Waals surface area (Å²) in [6, 6.07) is 16.2. The summed E-state index contributed by atoms with van der Waals surface area (Å²) >= 11 is 0. The fourth-order valence-corrected chi connectivity index (χ4v) is 3.41. The molecule has 146 valence electrons. The molecule has 1 aliphatic heterocycles. The molecule has 4 nitrogen and oxygen atoms in total. The van der Waals surface area contributed by atoms with Crippen molar-refractivity contribution in [1.29, 1.82) is 0 Å². The fourth-order valence-electron chi connectivity index (χ4n) is 3.41. The molecule has 3 rings (SSSR count). The zero-order chi connectivity index (χ0) is 19.3. The summed E-state index contributed by atoms with van der Waals surface area (Å²) < 4.78 is 0. The topological polar surface area (TPSA) is 45.2 Å². The number of likely N-dealkylation sites (N-methyl/N-ethyl adjacent to an activating group) is 1. The molecule has 0 saturated carbocycles. The largest absolute Gasteiger partial charge is 0.318 e. The molecular weight excluding hydrogens is 334 g/mol. The van der Waals surface area contributed by atoms with E-state index in [1.54, 1.807) is 6.07 Å². The Balaban J connectivity index is 0.000000244. The van der Waals surface area contributed by atoms with Crippen LogP contribution in [0, 0.1) is 12.8 Å². The van der Waals surface area contributed by atoms with E-state index < -0.39 is 0 Å². The highest BCUT2D eigenvalue weighted by molar-refractivity contribution is 5.71. The van der Waals surface area contributed by atoms with Gasteiger partial charge in [-0.15, -0.1) is 0 Å². The summed E-state index contributed by atoms with van der Waals surface area (Å²) in [5, 5.41) is 3.23. The van der Waals surface area contributed by atoms with Crippen LogP contribution in [0.2, 0.25) is 0 Å². The molecule has 2 aromatic rings. The average molecular weight is 368 g/mol. The molecule has 1 fully saturated rings. The number of pyridine rings is 1. The van der Waals surface area contributed by atoms with Gasteiger partial charge in [-0.1, -0.05) is 36.4 Å². The van der Waals surface area contributed by atoms with Gasteiger partial charge in [0, 0.05) is 18.8 Å². The monoisotopic (exact) mass is 367 g/mol. The molecule has 1 N–H and O–H groups in total. The van der Waals surface area contributed by atoms with E-state index >= 15 is 0 Å². The Morgan fingerprint density at radius 2 is 1.85 bits per heavy atom. The Hall–Kier alpha value is -2.04. The van der Waals surface area contributed by atoms with Gasteiger partial charge in [-0.2, -0.15) is 0 Å². The maximum atomic E-state index is 10.1. The van der Waals surface area contributed by atoms with Crippen molar-refractivity contribution in [3.8, 4) is 0 Å². The molecule has 1 saturated heterocycles. The lowest BCUT2D eigenvalue weighted by Gasteiger charge is -2.31. The Morgan fingerprint density at radius 1 is 1.11 bits per heavy atom. The minimum atomic E-state index is 0.495. The van der Waals surface area contributed by atoms with Crippen molar-refractivity contribution in [2.75, 3.05) is 33.2 Å². The van der Waals surface area contributed by atoms with E-state index in [0.29, 0.717) is 5.69 Å². The van der Waals surface area contributed by atoms with Crippen LogP contribution in [0.4, 0.5) is 0 Å². The predicted octanol–water partition coefficient (Wildman–Crippen LogP) is 3.75. The maximum absolute atomic E-state index is 10.1. The number of aldehydes is 1. The Kier molecular flexibility index (Phi) is 9.74. The van der Waals surface area contributed by atoms with Crippen LogP contribution < -0.4 is 5.32 Å². The van der Waals surface area contributed by atoms with Gasteiger partial charge in [0.15, 0.2) is 6.29 Å². The second kappa shape index (κ2) is 12.4. The number of carbonyl (C=O) groups is 1. The first kappa shape index (κ1) is 21.3. The Labute approximate surface area is 164 Å². The lowest BCUT2D eigenvalue weighted by Crippen LogP contribution is -2.37. The van der Waals surface area contributed by atoms with Gasteiger partial charge < -0.3 is 10.2 Å². The first-order valence-corrected chi connectivity index (χ1v) is 10.0. The van der Waals surface area contributed by atoms with Crippen LogP contribution in [0.5, 0.6) is 0 Å². The highest BCUT2D eigenvalue weighted by atomic mass is 16.1. The second-order valence-corrected chi connectivity index (χ2v) is 7.23. The quantitative estimate of drug-likeness (QED) is 0.757. The van der Waals surface area contributed by atoms with Gasteiger partial charge in [-0.05, 0) is 76.4 Å². The number of aromatic nitrogens is 1. The standard InChI is InChI=1S/C16H26N2.C7H7NO/c1-17-11-14-18-12-9-16(10-13-18)8-7-15-5-3-2-4-6-15;1-6-3-2-4-7(5-9)8-6/h2-6,16-17H,7-14H2,1H3;2-5H,1H3. The molecule has 0 unspecified atom stereocenters. The maximum Gasteiger partial charge on any atom is 0.168 e. The zero-order valence-corrected chi connectivity index (χ0v) is 16.7. The van der Waals surface area contributed by atoms with Gasteiger partial charge in [-0.25, -0.2) is 0 Å². The van der Waals surface area contributed by atoms with Crippen LogP contribution >= 0.6 is 0 Å². The van der Waals surface area contributed by atoms with Crippen LogP contribution in [-0.2, 0) is 6.42 Å². The molecule has 1 aromatic heterocycles. The third kappa shape index (κ3) is 8.46. The molecule has 0 atom stereocenters. The van der Waals surface area contributed by atoms with Crippen molar-refractivity contribution in [1.82, 2.24) is 15.2 Å². The summed E-state index contributed by atoms with van der Waals surface area (Å²) in [6.07, 6.45) is 6.13. The van der Waals surface area contributed by atoms with Gasteiger partial charge in [0.1, 0.15) is 5.69 Å². The molecule has 0 radical (unpaired) electrons. The summed E-state index contributed by atoms with van der Waals surface area (Å²) in [7, 11) is 2.03. The number of aryl methyl sites for hydroxylation is 2. The first-order chi connectivity index (χ1) is 13.2. The van der Waals surface area contributed by atoms with Crippen LogP contribution in [0.1, 0.15) is 41.0 Å². The van der Waals surface area contributed by atoms with E-state index in [-0.39, 0.29) is 0 Å². The number of likely N-dealkylation sites (tertiary alicyclic amines) is 1. The number of hydrogen-bond acceptors (Lipinski definition) is 4. The minimum absolute atomic E-state index is 0.495. The van der Waals surface area contributed by atoms with E-state index in [1.807, 2.05) is 26.1 Å². The van der Waals surface area contributed by atoms with E-state index in [2.05, 4.69) is 45.5 Å². The molecule has 0 aliphatic carbocycles. The van der Waals surface area contributed by atoms with E-state index in [4.69, 9.17) is 0 Å². The average Bonchev–Trinajstić information content (AvgIpc) is 2.72. The summed E-state index contributed by atoms with van der Waals surface area (Å²) in [6.45, 7) is 6.77. The third-order valence-electron chi connectivity index (χ3n) is 5.10. The Morgan fingerprint density at radius 3 is 2.44 bits per heavy atom. The highest BCUT2D eigenvalue weighted by Gasteiger charge is 2.18. The molecule has 0 spiro atoms. The number of carbonyl (C=O) groups excluding carboxylic acids is 1. The predicted molar refractivity (Wildman–Crippen MR) is 112 cm³/mol. The summed E-state index contributed by atoms with van der Waals surface area (Å²) in [4.78, 5) is 16.6. The van der Waals surface area contributed by atoms with Crippen molar-refractivity contribution in [2.45, 2.75) is 32.6 Å². The van der Waals surface area contributed by atoms with E-state index in [9.17, 15) is 4.79 Å². The molecule has 27 heavy (non-hydrogen) atoms. The first-order valence-electron chi connectivity index (χ1n) is 10.0. The van der Waals surface area contributed by atoms with Crippen molar-refractivity contribution < 1.29 is 4.79 Å². The fraction of sp³-hybridized carbons (Fsp3) is 0.478. The number of benzene rings is 1. The van der Waals surface area contributed by atoms with Crippen molar-refractivity contribution in [3.63, 3.8) is 0 Å². The van der Waals surface area contributed by atoms with Gasteiger partial charge in [-0.3, -0.25) is 9.78 Å². The lowest BCUT2D eigenvalue weighted by molar-refractivity contribution is 0.111. The number of nitrogens with one attached hydrogen (secondary N) is 1. The Bertz CT molecular complexity index is 652. The van der Waals surface area contributed by atoms with Crippen LogP contribution in [0.25, 0.3) is 0 Å². The van der Waals surface area contributed by atoms with Gasteiger partial charge >= 0.3 is 0 Å². The van der Waals surface area contributed by atoms with E-state index in [1.165, 1.54) is 50.9 Å². The van der Waals surface area contributed by atoms with Crippen molar-refractivity contribution in [3.05, 3.63) is 65.5 Å². The van der Waals surface area contributed by atoms with Crippen LogP contribution in [0.3, 0.4) is 0 Å². The molecular formula is C23H33N3O. The second-order valence-electron chi connectivity index (χ2n) is 7.23. The molecule has 4 heteroatoms. The number of piperidine rings is 1. The lowest BCUT2D eigenvalue weighted by atomic mass is 9.90. The number of hydrogen-bond donors (Lipinski definition) is 1. The number of rotatable bonds is 7. The molecule has 0 bridgehead atoms. The zero-order valence-electron chi connectivity index (χ0n) is 16.7. The third-order valence-corrected chi connectivity index (χ3v) is 5.10. The van der Waals surface area contributed by atoms with Gasteiger partial charge in [0.2, 0.25) is 0 Å². The minimum Gasteiger partial charge on any atom is -0.318 e. The number of nitrogens with zero attached hydrogens (tertiary/aromatic N) is 2. The molecule has 1 aromatic carbocycles. The molecule has 2 heterocycles. The van der Waals surface area contributed by atoms with Crippen molar-refractivity contribution >= 4 is 6.29 Å². The van der Waals surface area contributed by atoms with Crippen LogP contribution in [0.15, 0.2) is 48.5 Å². The molecule has 0 amide bonds. The van der Waals surface area contributed by atoms with Gasteiger partial charge in [0.05, 0.1) is 0 Å². The summed E-state index contributed by atoms with van der Waals surface area (Å²) in [5.41, 5.74) is 2.87. The smallest absolute Gasteiger partial charge is 0.168 e. The summed E-state index contributed by atoms with van der Waals surface area (Å²) in [5.74, 6) is 0.941. The molecule has 1 aliphatic rings. The normalized spacial score (nSPS) is 15.0. The highest BCUT2D eigenvalue weighted by Crippen LogP contribution is 2.22.